The van der Waals surface area contributed by atoms with E-state index in [2.05, 4.69) is 76.8 Å². The van der Waals surface area contributed by atoms with Crippen LogP contribution < -0.4 is 10.9 Å². The lowest BCUT2D eigenvalue weighted by atomic mass is 10.0. The van der Waals surface area contributed by atoms with Gasteiger partial charge < -0.3 is 5.32 Å². The number of anilines is 1. The number of thiophene rings is 1. The highest BCUT2D eigenvalue weighted by molar-refractivity contribution is 7.10. The van der Waals surface area contributed by atoms with Gasteiger partial charge in [-0.15, -0.1) is 11.3 Å². The van der Waals surface area contributed by atoms with Gasteiger partial charge in [-0.2, -0.15) is 10.1 Å². The van der Waals surface area contributed by atoms with Gasteiger partial charge in [0, 0.05) is 24.5 Å². The fourth-order valence-electron chi connectivity index (χ4n) is 4.36. The summed E-state index contributed by atoms with van der Waals surface area (Å²) in [6.45, 7) is 8.73. The number of benzene rings is 1. The molecule has 1 aromatic carbocycles. The highest BCUT2D eigenvalue weighted by atomic mass is 32.1. The SMILES string of the molecule is CC(C)(C)n1ncc2c(=O)[nH]c(NCC(c3ccccc3)N3CCc4sccc4C3)nc21. The van der Waals surface area contributed by atoms with Gasteiger partial charge in [-0.05, 0) is 49.8 Å². The number of H-pyrrole nitrogens is 1. The zero-order valence-electron chi connectivity index (χ0n) is 18.6. The number of aromatic nitrogens is 4. The third-order valence-corrected chi connectivity index (χ3v) is 7.02. The van der Waals surface area contributed by atoms with Gasteiger partial charge in [-0.1, -0.05) is 30.3 Å². The molecule has 0 bridgehead atoms. The fraction of sp³-hybridized carbons (Fsp3) is 0.375. The van der Waals surface area contributed by atoms with Crippen molar-refractivity contribution in [3.8, 4) is 0 Å². The van der Waals surface area contributed by atoms with E-state index in [1.807, 2.05) is 17.4 Å². The molecule has 1 atom stereocenters. The van der Waals surface area contributed by atoms with Gasteiger partial charge in [0.2, 0.25) is 5.95 Å². The van der Waals surface area contributed by atoms with Crippen LogP contribution in [0, 0.1) is 0 Å². The molecule has 0 fully saturated rings. The van der Waals surface area contributed by atoms with Crippen molar-refractivity contribution >= 4 is 28.3 Å². The molecular weight excluding hydrogens is 420 g/mol. The third kappa shape index (κ3) is 3.96. The number of rotatable bonds is 5. The molecule has 1 aliphatic heterocycles. The first-order chi connectivity index (χ1) is 15.4. The molecule has 0 radical (unpaired) electrons. The lowest BCUT2D eigenvalue weighted by Crippen LogP contribution is -2.37. The molecule has 166 valence electrons. The van der Waals surface area contributed by atoms with Crippen LogP contribution in [0.4, 0.5) is 5.95 Å². The van der Waals surface area contributed by atoms with Crippen molar-refractivity contribution in [3.63, 3.8) is 0 Å². The molecule has 0 saturated carbocycles. The van der Waals surface area contributed by atoms with Crippen LogP contribution in [0.2, 0.25) is 0 Å². The molecule has 5 rings (SSSR count). The Labute approximate surface area is 191 Å². The van der Waals surface area contributed by atoms with Crippen molar-refractivity contribution in [2.45, 2.75) is 45.3 Å². The number of aromatic amines is 1. The van der Waals surface area contributed by atoms with Crippen molar-refractivity contribution in [2.24, 2.45) is 0 Å². The molecule has 4 aromatic rings. The number of hydrogen-bond donors (Lipinski definition) is 2. The van der Waals surface area contributed by atoms with E-state index < -0.39 is 0 Å². The summed E-state index contributed by atoms with van der Waals surface area (Å²) in [4.78, 5) is 24.3. The molecule has 3 aromatic heterocycles. The van der Waals surface area contributed by atoms with E-state index in [1.54, 1.807) is 10.9 Å². The third-order valence-electron chi connectivity index (χ3n) is 6.00. The highest BCUT2D eigenvalue weighted by Crippen LogP contribution is 2.30. The molecule has 0 saturated heterocycles. The van der Waals surface area contributed by atoms with E-state index in [4.69, 9.17) is 4.98 Å². The molecular formula is C24H28N6OS. The minimum atomic E-state index is -0.265. The summed E-state index contributed by atoms with van der Waals surface area (Å²) in [6, 6.07) is 12.9. The first kappa shape index (κ1) is 20.9. The summed E-state index contributed by atoms with van der Waals surface area (Å²) in [5, 5.41) is 10.5. The lowest BCUT2D eigenvalue weighted by Gasteiger charge is -2.35. The van der Waals surface area contributed by atoms with Crippen LogP contribution in [0.5, 0.6) is 0 Å². The van der Waals surface area contributed by atoms with E-state index in [1.165, 1.54) is 16.0 Å². The quantitative estimate of drug-likeness (QED) is 0.480. The average Bonchev–Trinajstić information content (AvgIpc) is 3.41. The standard InChI is InChI=1S/C24H28N6OS/c1-24(2,3)30-21-18(13-26-30)22(31)28-23(27-21)25-14-19(16-7-5-4-6-8-16)29-11-9-20-17(15-29)10-12-32-20/h4-8,10,12-13,19H,9,11,14-15H2,1-3H3,(H2,25,27,28,31). The smallest absolute Gasteiger partial charge is 0.263 e. The predicted octanol–water partition coefficient (Wildman–Crippen LogP) is 4.15. The van der Waals surface area contributed by atoms with Gasteiger partial charge >= 0.3 is 0 Å². The fourth-order valence-corrected chi connectivity index (χ4v) is 5.25. The average molecular weight is 449 g/mol. The number of nitrogens with zero attached hydrogens (tertiary/aromatic N) is 4. The highest BCUT2D eigenvalue weighted by Gasteiger charge is 2.26. The van der Waals surface area contributed by atoms with Crippen LogP contribution >= 0.6 is 11.3 Å². The maximum Gasteiger partial charge on any atom is 0.263 e. The summed E-state index contributed by atoms with van der Waals surface area (Å²) in [6.07, 6.45) is 2.66. The summed E-state index contributed by atoms with van der Waals surface area (Å²) >= 11 is 1.85. The van der Waals surface area contributed by atoms with Crippen LogP contribution in [0.3, 0.4) is 0 Å². The van der Waals surface area contributed by atoms with Crippen molar-refractivity contribution in [1.29, 1.82) is 0 Å². The topological polar surface area (TPSA) is 78.8 Å². The van der Waals surface area contributed by atoms with Crippen molar-refractivity contribution in [3.05, 3.63) is 74.3 Å². The van der Waals surface area contributed by atoms with Crippen molar-refractivity contribution < 1.29 is 0 Å². The van der Waals surface area contributed by atoms with E-state index >= 15 is 0 Å². The zero-order valence-corrected chi connectivity index (χ0v) is 19.4. The van der Waals surface area contributed by atoms with Crippen LogP contribution in [0.1, 0.15) is 42.8 Å². The Morgan fingerprint density at radius 3 is 2.81 bits per heavy atom. The van der Waals surface area contributed by atoms with Crippen LogP contribution in [-0.2, 0) is 18.5 Å². The Morgan fingerprint density at radius 2 is 2.03 bits per heavy atom. The van der Waals surface area contributed by atoms with Crippen molar-refractivity contribution in [2.75, 3.05) is 18.4 Å². The zero-order chi connectivity index (χ0) is 22.3. The summed E-state index contributed by atoms with van der Waals surface area (Å²) in [5.74, 6) is 0.475. The first-order valence-electron chi connectivity index (χ1n) is 11.0. The summed E-state index contributed by atoms with van der Waals surface area (Å²) in [7, 11) is 0. The van der Waals surface area contributed by atoms with Crippen LogP contribution in [-0.4, -0.2) is 37.7 Å². The Bertz CT molecular complexity index is 1280. The maximum absolute atomic E-state index is 12.7. The number of fused-ring (bicyclic) bond motifs is 2. The van der Waals surface area contributed by atoms with Crippen LogP contribution in [0.25, 0.3) is 11.0 Å². The predicted molar refractivity (Wildman–Crippen MR) is 129 cm³/mol. The van der Waals surface area contributed by atoms with Gasteiger partial charge in [0.05, 0.1) is 17.8 Å². The van der Waals surface area contributed by atoms with Gasteiger partial charge in [-0.25, -0.2) is 4.68 Å². The summed E-state index contributed by atoms with van der Waals surface area (Å²) in [5.41, 5.74) is 2.83. The van der Waals surface area contributed by atoms with Gasteiger partial charge in [-0.3, -0.25) is 14.7 Å². The normalized spacial score (nSPS) is 15.6. The van der Waals surface area contributed by atoms with E-state index in [9.17, 15) is 4.79 Å². The Morgan fingerprint density at radius 1 is 1.22 bits per heavy atom. The first-order valence-corrected chi connectivity index (χ1v) is 11.8. The van der Waals surface area contributed by atoms with Gasteiger partial charge in [0.25, 0.3) is 5.56 Å². The molecule has 1 aliphatic rings. The Hall–Kier alpha value is -2.97. The molecule has 4 heterocycles. The van der Waals surface area contributed by atoms with Crippen molar-refractivity contribution in [1.82, 2.24) is 24.6 Å². The van der Waals surface area contributed by atoms with E-state index in [0.717, 1.165) is 19.5 Å². The molecule has 7 nitrogen and oxygen atoms in total. The minimum absolute atomic E-state index is 0.165. The molecule has 0 aliphatic carbocycles. The summed E-state index contributed by atoms with van der Waals surface area (Å²) < 4.78 is 1.81. The Balaban J connectivity index is 1.44. The second-order valence-corrected chi connectivity index (χ2v) is 10.3. The molecule has 32 heavy (non-hydrogen) atoms. The van der Waals surface area contributed by atoms with Crippen LogP contribution in [0.15, 0.2) is 52.8 Å². The minimum Gasteiger partial charge on any atom is -0.354 e. The molecule has 1 unspecified atom stereocenters. The second-order valence-electron chi connectivity index (χ2n) is 9.28. The molecule has 0 amide bonds. The second kappa shape index (κ2) is 8.18. The molecule has 2 N–H and O–H groups in total. The molecule has 0 spiro atoms. The maximum atomic E-state index is 12.7. The number of hydrogen-bond acceptors (Lipinski definition) is 6. The number of nitrogens with one attached hydrogen (secondary N) is 2. The molecule has 8 heteroatoms. The monoisotopic (exact) mass is 448 g/mol. The van der Waals surface area contributed by atoms with E-state index in [-0.39, 0.29) is 17.1 Å². The van der Waals surface area contributed by atoms with Gasteiger partial charge in [0.15, 0.2) is 5.65 Å². The van der Waals surface area contributed by atoms with E-state index in [0.29, 0.717) is 23.5 Å². The Kier molecular flexibility index (Phi) is 5.35. The largest absolute Gasteiger partial charge is 0.354 e. The lowest BCUT2D eigenvalue weighted by molar-refractivity contribution is 0.188. The van der Waals surface area contributed by atoms with Gasteiger partial charge in [0.1, 0.15) is 5.39 Å².